The number of hydrogen-bond donors (Lipinski definition) is 0. The van der Waals surface area contributed by atoms with Crippen LogP contribution in [0, 0.1) is 5.82 Å². The minimum atomic E-state index is -0.334. The lowest BCUT2D eigenvalue weighted by Crippen LogP contribution is -2.35. The van der Waals surface area contributed by atoms with Gasteiger partial charge < -0.3 is 4.90 Å². The first-order valence-corrected chi connectivity index (χ1v) is 8.39. The lowest BCUT2D eigenvalue weighted by Gasteiger charge is -2.25. The summed E-state index contributed by atoms with van der Waals surface area (Å²) in [5.74, 6) is 0.597. The SMILES string of the molecule is O=C(CN(C1=NCCCCC1)c1ccccc1)c1ccc(F)cc1. The van der Waals surface area contributed by atoms with Gasteiger partial charge in [-0.15, -0.1) is 0 Å². The van der Waals surface area contributed by atoms with Gasteiger partial charge in [0, 0.05) is 24.2 Å². The summed E-state index contributed by atoms with van der Waals surface area (Å²) in [6.07, 6.45) is 4.23. The van der Waals surface area contributed by atoms with Gasteiger partial charge in [-0.2, -0.15) is 0 Å². The highest BCUT2D eigenvalue weighted by Gasteiger charge is 2.19. The zero-order valence-electron chi connectivity index (χ0n) is 13.6. The summed E-state index contributed by atoms with van der Waals surface area (Å²) in [5.41, 5.74) is 1.49. The van der Waals surface area contributed by atoms with E-state index in [-0.39, 0.29) is 18.1 Å². The third-order valence-corrected chi connectivity index (χ3v) is 4.20. The van der Waals surface area contributed by atoms with E-state index in [1.165, 1.54) is 30.7 Å². The number of carbonyl (C=O) groups excluding carboxylic acids is 1. The fraction of sp³-hybridized carbons (Fsp3) is 0.300. The van der Waals surface area contributed by atoms with Crippen LogP contribution in [0.3, 0.4) is 0 Å². The Balaban J connectivity index is 1.85. The maximum atomic E-state index is 13.1. The van der Waals surface area contributed by atoms with Crippen LogP contribution in [0.4, 0.5) is 10.1 Å². The average molecular weight is 324 g/mol. The molecule has 0 spiro atoms. The third kappa shape index (κ3) is 4.07. The van der Waals surface area contributed by atoms with Gasteiger partial charge in [0.05, 0.1) is 6.54 Å². The van der Waals surface area contributed by atoms with E-state index in [0.29, 0.717) is 5.56 Å². The van der Waals surface area contributed by atoms with Gasteiger partial charge in [-0.05, 0) is 49.2 Å². The molecule has 0 atom stereocenters. The van der Waals surface area contributed by atoms with Crippen LogP contribution in [0.2, 0.25) is 0 Å². The Labute approximate surface area is 141 Å². The molecular weight excluding hydrogens is 303 g/mol. The molecule has 124 valence electrons. The van der Waals surface area contributed by atoms with E-state index in [1.54, 1.807) is 0 Å². The number of hydrogen-bond acceptors (Lipinski definition) is 3. The maximum Gasteiger partial charge on any atom is 0.182 e. The summed E-state index contributed by atoms with van der Waals surface area (Å²) in [6.45, 7) is 1.03. The molecule has 2 aromatic carbocycles. The lowest BCUT2D eigenvalue weighted by atomic mass is 10.1. The summed E-state index contributed by atoms with van der Waals surface area (Å²) in [7, 11) is 0. The average Bonchev–Trinajstić information content (AvgIpc) is 2.90. The summed E-state index contributed by atoms with van der Waals surface area (Å²) < 4.78 is 13.1. The minimum Gasteiger partial charge on any atom is -0.322 e. The number of anilines is 1. The summed E-state index contributed by atoms with van der Waals surface area (Å²) in [4.78, 5) is 19.3. The van der Waals surface area contributed by atoms with Gasteiger partial charge in [-0.3, -0.25) is 9.79 Å². The van der Waals surface area contributed by atoms with Crippen LogP contribution in [0.1, 0.15) is 36.0 Å². The van der Waals surface area contributed by atoms with E-state index in [9.17, 15) is 9.18 Å². The van der Waals surface area contributed by atoms with Gasteiger partial charge >= 0.3 is 0 Å². The van der Waals surface area contributed by atoms with Crippen molar-refractivity contribution in [3.63, 3.8) is 0 Å². The normalized spacial score (nSPS) is 14.6. The van der Waals surface area contributed by atoms with Crippen LogP contribution in [0.5, 0.6) is 0 Å². The predicted octanol–water partition coefficient (Wildman–Crippen LogP) is 4.49. The predicted molar refractivity (Wildman–Crippen MR) is 95.3 cm³/mol. The Morgan fingerprint density at radius 3 is 2.50 bits per heavy atom. The molecule has 4 heteroatoms. The van der Waals surface area contributed by atoms with Gasteiger partial charge in [-0.1, -0.05) is 24.6 Å². The first-order valence-electron chi connectivity index (χ1n) is 8.39. The molecule has 0 fully saturated rings. The Hall–Kier alpha value is -2.49. The Kier molecular flexibility index (Phi) is 5.36. The Bertz CT molecular complexity index is 710. The molecule has 2 aromatic rings. The highest BCUT2D eigenvalue weighted by Crippen LogP contribution is 2.19. The number of amidine groups is 1. The van der Waals surface area contributed by atoms with E-state index in [0.717, 1.165) is 37.3 Å². The van der Waals surface area contributed by atoms with E-state index in [2.05, 4.69) is 0 Å². The molecule has 0 aromatic heterocycles. The fourth-order valence-electron chi connectivity index (χ4n) is 2.89. The second-order valence-corrected chi connectivity index (χ2v) is 5.96. The molecule has 0 N–H and O–H groups in total. The quantitative estimate of drug-likeness (QED) is 0.776. The van der Waals surface area contributed by atoms with Gasteiger partial charge in [0.1, 0.15) is 11.7 Å². The number of nitrogens with zero attached hydrogens (tertiary/aromatic N) is 2. The van der Waals surface area contributed by atoms with Crippen LogP contribution in [0.15, 0.2) is 59.6 Å². The number of ketones is 1. The third-order valence-electron chi connectivity index (χ3n) is 4.20. The second kappa shape index (κ2) is 7.86. The molecule has 1 aliphatic heterocycles. The van der Waals surface area contributed by atoms with Gasteiger partial charge in [0.15, 0.2) is 5.78 Å². The van der Waals surface area contributed by atoms with E-state index < -0.39 is 0 Å². The molecule has 1 heterocycles. The number of rotatable bonds is 4. The molecule has 0 saturated carbocycles. The second-order valence-electron chi connectivity index (χ2n) is 5.96. The lowest BCUT2D eigenvalue weighted by molar-refractivity contribution is 0.100. The van der Waals surface area contributed by atoms with Crippen molar-refractivity contribution in [1.29, 1.82) is 0 Å². The largest absolute Gasteiger partial charge is 0.322 e. The molecule has 0 saturated heterocycles. The van der Waals surface area contributed by atoms with Crippen LogP contribution >= 0.6 is 0 Å². The zero-order chi connectivity index (χ0) is 16.8. The number of carbonyl (C=O) groups is 1. The maximum absolute atomic E-state index is 13.1. The molecule has 0 aliphatic carbocycles. The van der Waals surface area contributed by atoms with Crippen molar-refractivity contribution in [3.8, 4) is 0 Å². The van der Waals surface area contributed by atoms with Crippen LogP contribution in [-0.4, -0.2) is 24.7 Å². The van der Waals surface area contributed by atoms with Gasteiger partial charge in [-0.25, -0.2) is 4.39 Å². The number of aliphatic imine (C=N–C) groups is 1. The highest BCUT2D eigenvalue weighted by atomic mass is 19.1. The van der Waals surface area contributed by atoms with Crippen molar-refractivity contribution in [3.05, 3.63) is 66.0 Å². The minimum absolute atomic E-state index is 0.0363. The van der Waals surface area contributed by atoms with E-state index in [1.807, 2.05) is 35.2 Å². The summed E-state index contributed by atoms with van der Waals surface area (Å²) >= 11 is 0. The molecule has 3 nitrogen and oxygen atoms in total. The zero-order valence-corrected chi connectivity index (χ0v) is 13.6. The Morgan fingerprint density at radius 1 is 1.00 bits per heavy atom. The molecule has 0 unspecified atom stereocenters. The van der Waals surface area contributed by atoms with Crippen molar-refractivity contribution < 1.29 is 9.18 Å². The number of benzene rings is 2. The van der Waals surface area contributed by atoms with Crippen molar-refractivity contribution in [2.75, 3.05) is 18.0 Å². The number of Topliss-reactive ketones (excluding diaryl/α,β-unsaturated/α-hetero) is 1. The molecule has 1 aliphatic rings. The van der Waals surface area contributed by atoms with E-state index in [4.69, 9.17) is 4.99 Å². The topological polar surface area (TPSA) is 32.7 Å². The monoisotopic (exact) mass is 324 g/mol. The van der Waals surface area contributed by atoms with Crippen molar-refractivity contribution in [1.82, 2.24) is 0 Å². The molecule has 0 amide bonds. The summed E-state index contributed by atoms with van der Waals surface area (Å²) in [5, 5.41) is 0. The van der Waals surface area contributed by atoms with E-state index >= 15 is 0 Å². The first-order chi connectivity index (χ1) is 11.7. The molecule has 0 radical (unpaired) electrons. The van der Waals surface area contributed by atoms with Crippen molar-refractivity contribution >= 4 is 17.3 Å². The molecule has 3 rings (SSSR count). The van der Waals surface area contributed by atoms with Crippen LogP contribution in [-0.2, 0) is 0 Å². The van der Waals surface area contributed by atoms with Crippen LogP contribution < -0.4 is 4.90 Å². The molecular formula is C20H21FN2O. The van der Waals surface area contributed by atoms with Gasteiger partial charge in [0.25, 0.3) is 0 Å². The van der Waals surface area contributed by atoms with Gasteiger partial charge in [0.2, 0.25) is 0 Å². The standard InChI is InChI=1S/C20H21FN2O/c21-17-12-10-16(11-13-17)19(24)15-23(18-7-3-1-4-8-18)20-9-5-2-6-14-22-20/h1,3-4,7-8,10-13H,2,5-6,9,14-15H2. The highest BCUT2D eigenvalue weighted by molar-refractivity contribution is 6.07. The van der Waals surface area contributed by atoms with Crippen molar-refractivity contribution in [2.24, 2.45) is 4.99 Å². The molecule has 24 heavy (non-hydrogen) atoms. The Morgan fingerprint density at radius 2 is 1.75 bits per heavy atom. The molecule has 0 bridgehead atoms. The fourth-order valence-corrected chi connectivity index (χ4v) is 2.89. The number of halogens is 1. The first kappa shape index (κ1) is 16.4. The number of para-hydroxylation sites is 1. The van der Waals surface area contributed by atoms with Crippen molar-refractivity contribution in [2.45, 2.75) is 25.7 Å². The summed E-state index contributed by atoms with van der Waals surface area (Å²) in [6, 6.07) is 15.6. The smallest absolute Gasteiger partial charge is 0.182 e. The van der Waals surface area contributed by atoms with Crippen LogP contribution in [0.25, 0.3) is 0 Å².